The van der Waals surface area contributed by atoms with Gasteiger partial charge in [-0.15, -0.1) is 0 Å². The van der Waals surface area contributed by atoms with Crippen LogP contribution in [-0.4, -0.2) is 37.5 Å². The highest BCUT2D eigenvalue weighted by Gasteiger charge is 2.34. The lowest BCUT2D eigenvalue weighted by molar-refractivity contribution is -0.345. The molecule has 6 nitrogen and oxygen atoms in total. The zero-order valence-electron chi connectivity index (χ0n) is 14.7. The molecule has 0 unspecified atom stereocenters. The normalized spacial score (nSPS) is 10.4. The van der Waals surface area contributed by atoms with E-state index in [-0.39, 0.29) is 0 Å². The zero-order chi connectivity index (χ0) is 19.6. The first kappa shape index (κ1) is 20.9. The monoisotopic (exact) mass is 352 g/mol. The molecule has 0 N–H and O–H groups in total. The lowest BCUT2D eigenvalue weighted by Gasteiger charge is -2.29. The molecule has 136 valence electrons. The quantitative estimate of drug-likeness (QED) is 0.698. The minimum Gasteiger partial charge on any atom is -0.543 e. The highest BCUT2D eigenvalue weighted by Crippen LogP contribution is 2.35. The standard InChI is InChI=1S/C18H20N2.C2H2O4/c1-20(2)14-13-18(15-19,16-9-5-3-6-10-16)17-11-7-4-8-12-17;3-1(4)2(5)6/h3-12H,13-14H2,1-2H3;(H,3,4)(H,5,6)/p-2. The van der Waals surface area contributed by atoms with Gasteiger partial charge in [0.15, 0.2) is 0 Å². The number of carboxylic acid groups (broad SMARTS) is 2. The lowest BCUT2D eigenvalue weighted by Crippen LogP contribution is -2.42. The number of carbonyl (C=O) groups excluding carboxylic acids is 2. The second-order valence-corrected chi connectivity index (χ2v) is 5.88. The molecular formula is C20H20N2O4-2. The second kappa shape index (κ2) is 9.97. The Hall–Kier alpha value is -3.17. The number of nitrogens with zero attached hydrogens (tertiary/aromatic N) is 2. The SMILES string of the molecule is CN(C)CCC(C#N)(c1ccccc1)c1ccccc1.O=C([O-])C(=O)[O-]. The summed E-state index contributed by atoms with van der Waals surface area (Å²) in [7, 11) is 4.08. The molecule has 2 aromatic rings. The Labute approximate surface area is 152 Å². The van der Waals surface area contributed by atoms with Gasteiger partial charge in [0.2, 0.25) is 0 Å². The fourth-order valence-electron chi connectivity index (χ4n) is 2.48. The smallest absolute Gasteiger partial charge is 0.108 e. The first-order chi connectivity index (χ1) is 12.3. The van der Waals surface area contributed by atoms with Gasteiger partial charge in [-0.05, 0) is 38.2 Å². The Balaban J connectivity index is 0.000000487. The molecule has 0 amide bonds. The second-order valence-electron chi connectivity index (χ2n) is 5.88. The number of carbonyl (C=O) groups is 2. The van der Waals surface area contributed by atoms with Crippen molar-refractivity contribution in [1.82, 2.24) is 4.90 Å². The lowest BCUT2D eigenvalue weighted by atomic mass is 9.73. The van der Waals surface area contributed by atoms with Crippen molar-refractivity contribution in [2.45, 2.75) is 11.8 Å². The molecule has 26 heavy (non-hydrogen) atoms. The van der Waals surface area contributed by atoms with E-state index in [2.05, 4.69) is 11.0 Å². The molecule has 0 atom stereocenters. The fraction of sp³-hybridized carbons (Fsp3) is 0.250. The van der Waals surface area contributed by atoms with Crippen LogP contribution in [0.4, 0.5) is 0 Å². The fourth-order valence-corrected chi connectivity index (χ4v) is 2.48. The summed E-state index contributed by atoms with van der Waals surface area (Å²) in [6, 6.07) is 22.7. The highest BCUT2D eigenvalue weighted by atomic mass is 16.4. The molecule has 2 aromatic carbocycles. The van der Waals surface area contributed by atoms with Crippen molar-refractivity contribution in [3.63, 3.8) is 0 Å². The van der Waals surface area contributed by atoms with E-state index in [0.29, 0.717) is 0 Å². The Bertz CT molecular complexity index is 701. The van der Waals surface area contributed by atoms with Crippen LogP contribution in [0.5, 0.6) is 0 Å². The maximum atomic E-state index is 9.93. The summed E-state index contributed by atoms with van der Waals surface area (Å²) in [5.74, 6) is -4.37. The topological polar surface area (TPSA) is 107 Å². The van der Waals surface area contributed by atoms with Crippen molar-refractivity contribution in [2.24, 2.45) is 0 Å². The van der Waals surface area contributed by atoms with Gasteiger partial charge in [0.1, 0.15) is 5.41 Å². The van der Waals surface area contributed by atoms with Crippen LogP contribution < -0.4 is 10.2 Å². The van der Waals surface area contributed by atoms with Crippen molar-refractivity contribution >= 4 is 11.9 Å². The molecule has 0 heterocycles. The minimum absolute atomic E-state index is 0.577. The summed E-state index contributed by atoms with van der Waals surface area (Å²) in [4.78, 5) is 20.0. The molecule has 0 bridgehead atoms. The van der Waals surface area contributed by atoms with Gasteiger partial charge in [-0.3, -0.25) is 0 Å². The highest BCUT2D eigenvalue weighted by molar-refractivity contribution is 6.25. The maximum absolute atomic E-state index is 9.93. The van der Waals surface area contributed by atoms with E-state index in [0.717, 1.165) is 24.1 Å². The number of nitriles is 1. The number of hydrogen-bond acceptors (Lipinski definition) is 6. The molecular weight excluding hydrogens is 332 g/mol. The summed E-state index contributed by atoms with van der Waals surface area (Å²) >= 11 is 0. The number of aliphatic carboxylic acids is 2. The van der Waals surface area contributed by atoms with Gasteiger partial charge in [-0.1, -0.05) is 60.7 Å². The molecule has 0 aromatic heterocycles. The Morgan fingerprint density at radius 1 is 0.923 bits per heavy atom. The molecule has 0 radical (unpaired) electrons. The van der Waals surface area contributed by atoms with Gasteiger partial charge in [-0.25, -0.2) is 0 Å². The van der Waals surface area contributed by atoms with Crippen molar-refractivity contribution in [2.75, 3.05) is 20.6 Å². The third-order valence-corrected chi connectivity index (χ3v) is 3.82. The predicted octanol–water partition coefficient (Wildman–Crippen LogP) is -0.0658. The van der Waals surface area contributed by atoms with Crippen LogP contribution in [0.1, 0.15) is 17.5 Å². The molecule has 6 heteroatoms. The molecule has 0 aliphatic rings. The van der Waals surface area contributed by atoms with E-state index in [1.807, 2.05) is 74.8 Å². The molecule has 0 saturated heterocycles. The molecule has 0 aliphatic carbocycles. The molecule has 0 spiro atoms. The Kier molecular flexibility index (Phi) is 8.00. The maximum Gasteiger partial charge on any atom is 0.108 e. The Morgan fingerprint density at radius 2 is 1.31 bits per heavy atom. The molecule has 2 rings (SSSR count). The van der Waals surface area contributed by atoms with Gasteiger partial charge < -0.3 is 24.7 Å². The molecule has 0 saturated carbocycles. The van der Waals surface area contributed by atoms with E-state index in [1.54, 1.807) is 0 Å². The number of benzene rings is 2. The van der Waals surface area contributed by atoms with Gasteiger partial charge in [0.05, 0.1) is 18.0 Å². The Morgan fingerprint density at radius 3 is 1.58 bits per heavy atom. The van der Waals surface area contributed by atoms with Gasteiger partial charge >= 0.3 is 0 Å². The predicted molar refractivity (Wildman–Crippen MR) is 92.5 cm³/mol. The van der Waals surface area contributed by atoms with Crippen LogP contribution in [-0.2, 0) is 15.0 Å². The number of rotatable bonds is 5. The first-order valence-electron chi connectivity index (χ1n) is 7.93. The van der Waals surface area contributed by atoms with Crippen molar-refractivity contribution in [1.29, 1.82) is 5.26 Å². The van der Waals surface area contributed by atoms with Crippen LogP contribution in [0, 0.1) is 11.3 Å². The van der Waals surface area contributed by atoms with Gasteiger partial charge in [0, 0.05) is 0 Å². The number of hydrogen-bond donors (Lipinski definition) is 0. The van der Waals surface area contributed by atoms with Gasteiger partial charge in [0.25, 0.3) is 0 Å². The van der Waals surface area contributed by atoms with E-state index in [4.69, 9.17) is 19.8 Å². The third-order valence-electron chi connectivity index (χ3n) is 3.82. The van der Waals surface area contributed by atoms with Crippen LogP contribution in [0.3, 0.4) is 0 Å². The zero-order valence-corrected chi connectivity index (χ0v) is 14.7. The largest absolute Gasteiger partial charge is 0.543 e. The minimum atomic E-state index is -2.19. The third kappa shape index (κ3) is 5.72. The van der Waals surface area contributed by atoms with Crippen molar-refractivity contribution in [3.8, 4) is 6.07 Å². The molecule has 0 fully saturated rings. The summed E-state index contributed by atoms with van der Waals surface area (Å²) in [5, 5.41) is 27.8. The van der Waals surface area contributed by atoms with Crippen LogP contribution >= 0.6 is 0 Å². The van der Waals surface area contributed by atoms with Crippen molar-refractivity contribution < 1.29 is 19.8 Å². The average Bonchev–Trinajstić information content (AvgIpc) is 2.64. The summed E-state index contributed by atoms with van der Waals surface area (Å²) < 4.78 is 0. The first-order valence-corrected chi connectivity index (χ1v) is 7.93. The van der Waals surface area contributed by atoms with E-state index >= 15 is 0 Å². The summed E-state index contributed by atoms with van der Waals surface area (Å²) in [6.07, 6.45) is 0.782. The van der Waals surface area contributed by atoms with E-state index in [1.165, 1.54) is 0 Å². The summed E-state index contributed by atoms with van der Waals surface area (Å²) in [5.41, 5.74) is 1.55. The van der Waals surface area contributed by atoms with Crippen molar-refractivity contribution in [3.05, 3.63) is 71.8 Å². The van der Waals surface area contributed by atoms with Crippen LogP contribution in [0.25, 0.3) is 0 Å². The van der Waals surface area contributed by atoms with Crippen LogP contribution in [0.2, 0.25) is 0 Å². The van der Waals surface area contributed by atoms with Gasteiger partial charge in [-0.2, -0.15) is 5.26 Å². The molecule has 0 aliphatic heterocycles. The van der Waals surface area contributed by atoms with E-state index < -0.39 is 17.4 Å². The van der Waals surface area contributed by atoms with Crippen LogP contribution in [0.15, 0.2) is 60.7 Å². The number of carboxylic acids is 2. The average molecular weight is 352 g/mol. The van der Waals surface area contributed by atoms with E-state index in [9.17, 15) is 5.26 Å². The summed E-state index contributed by atoms with van der Waals surface area (Å²) in [6.45, 7) is 0.872.